The fourth-order valence-corrected chi connectivity index (χ4v) is 4.67. The molecule has 0 unspecified atom stereocenters. The highest BCUT2D eigenvalue weighted by atomic mass is 35.5. The molecule has 212 valence electrons. The van der Waals surface area contributed by atoms with E-state index in [1.165, 1.54) is 6.08 Å². The second-order valence-corrected chi connectivity index (χ2v) is 9.69. The third-order valence-electron chi connectivity index (χ3n) is 6.02. The van der Waals surface area contributed by atoms with Gasteiger partial charge in [-0.05, 0) is 80.4 Å². The van der Waals surface area contributed by atoms with Gasteiger partial charge in [-0.2, -0.15) is 0 Å². The van der Waals surface area contributed by atoms with Crippen molar-refractivity contribution in [2.24, 2.45) is 0 Å². The summed E-state index contributed by atoms with van der Waals surface area (Å²) < 4.78 is 17.5. The quantitative estimate of drug-likeness (QED) is 0.150. The molecule has 1 aliphatic heterocycles. The van der Waals surface area contributed by atoms with Gasteiger partial charge in [0, 0.05) is 21.2 Å². The van der Waals surface area contributed by atoms with E-state index in [9.17, 15) is 14.4 Å². The molecular weight excluding hydrogens is 567 g/mol. The number of rotatable bonds is 11. The van der Waals surface area contributed by atoms with Crippen LogP contribution in [0.3, 0.4) is 0 Å². The fourth-order valence-electron chi connectivity index (χ4n) is 4.21. The van der Waals surface area contributed by atoms with Crippen LogP contribution >= 0.6 is 23.2 Å². The number of urea groups is 1. The first-order chi connectivity index (χ1) is 19.7. The van der Waals surface area contributed by atoms with E-state index in [0.717, 1.165) is 10.5 Å². The SMILES string of the molecule is C=CCc1cc(/C=C2\C(=O)NC(=O)N(c3ccc(OCC)cc3)C2=O)cc(OCC)c1OCc1ccc(Cl)cc1Cl. The van der Waals surface area contributed by atoms with Crippen molar-refractivity contribution < 1.29 is 28.6 Å². The summed E-state index contributed by atoms with van der Waals surface area (Å²) >= 11 is 12.3. The standard InChI is InChI=1S/C31H28Cl2N2O6/c1-4-7-20-14-19(16-27(40-6-3)28(20)41-18-21-8-9-22(32)17-26(21)33)15-25-29(36)34-31(38)35(30(25)37)23-10-12-24(13-11-23)39-5-2/h4,8-17H,1,5-7,18H2,2-3H3,(H,34,36,38)/b25-15+. The lowest BCUT2D eigenvalue weighted by Crippen LogP contribution is -2.54. The number of imide groups is 2. The predicted octanol–water partition coefficient (Wildman–Crippen LogP) is 6.76. The number of hydrogen-bond acceptors (Lipinski definition) is 6. The number of benzene rings is 3. The Hall–Kier alpha value is -4.27. The largest absolute Gasteiger partial charge is 0.494 e. The number of nitrogens with zero attached hydrogens (tertiary/aromatic N) is 1. The molecule has 8 nitrogen and oxygen atoms in total. The lowest BCUT2D eigenvalue weighted by atomic mass is 10.0. The van der Waals surface area contributed by atoms with Crippen LogP contribution in [0.4, 0.5) is 10.5 Å². The molecule has 0 atom stereocenters. The van der Waals surface area contributed by atoms with Crippen molar-refractivity contribution in [1.82, 2.24) is 5.32 Å². The number of halogens is 2. The minimum atomic E-state index is -0.840. The number of allylic oxidation sites excluding steroid dienone is 1. The maximum atomic E-state index is 13.4. The van der Waals surface area contributed by atoms with E-state index in [1.807, 2.05) is 13.8 Å². The lowest BCUT2D eigenvalue weighted by Gasteiger charge is -2.26. The highest BCUT2D eigenvalue weighted by Gasteiger charge is 2.37. The van der Waals surface area contributed by atoms with Gasteiger partial charge in [-0.3, -0.25) is 14.9 Å². The van der Waals surface area contributed by atoms with Crippen molar-refractivity contribution >= 4 is 52.8 Å². The van der Waals surface area contributed by atoms with Crippen LogP contribution in [0.25, 0.3) is 6.08 Å². The Morgan fingerprint density at radius 1 is 0.902 bits per heavy atom. The van der Waals surface area contributed by atoms with Gasteiger partial charge in [-0.15, -0.1) is 6.58 Å². The first-order valence-corrected chi connectivity index (χ1v) is 13.6. The maximum absolute atomic E-state index is 13.4. The van der Waals surface area contributed by atoms with Crippen molar-refractivity contribution in [3.8, 4) is 17.2 Å². The average molecular weight is 595 g/mol. The Balaban J connectivity index is 1.69. The molecule has 1 heterocycles. The van der Waals surface area contributed by atoms with Crippen LogP contribution < -0.4 is 24.4 Å². The summed E-state index contributed by atoms with van der Waals surface area (Å²) in [6, 6.07) is 14.2. The zero-order chi connectivity index (χ0) is 29.5. The number of amides is 4. The monoisotopic (exact) mass is 594 g/mol. The van der Waals surface area contributed by atoms with Gasteiger partial charge in [0.05, 0.1) is 18.9 Å². The molecule has 1 N–H and O–H groups in total. The zero-order valence-electron chi connectivity index (χ0n) is 22.5. The molecule has 0 radical (unpaired) electrons. The molecule has 41 heavy (non-hydrogen) atoms. The minimum absolute atomic E-state index is 0.153. The van der Waals surface area contributed by atoms with Crippen molar-refractivity contribution in [3.05, 3.63) is 99.6 Å². The molecule has 4 rings (SSSR count). The fraction of sp³-hybridized carbons (Fsp3) is 0.194. The van der Waals surface area contributed by atoms with Gasteiger partial charge in [0.15, 0.2) is 11.5 Å². The summed E-state index contributed by atoms with van der Waals surface area (Å²) in [5.41, 5.74) is 2.03. The molecule has 10 heteroatoms. The molecule has 0 bridgehead atoms. The van der Waals surface area contributed by atoms with E-state index in [0.29, 0.717) is 63.7 Å². The highest BCUT2D eigenvalue weighted by molar-refractivity contribution is 6.39. The number of carbonyl (C=O) groups excluding carboxylic acids is 3. The van der Waals surface area contributed by atoms with Crippen LogP contribution in [0, 0.1) is 0 Å². The minimum Gasteiger partial charge on any atom is -0.494 e. The second-order valence-electron chi connectivity index (χ2n) is 8.84. The summed E-state index contributed by atoms with van der Waals surface area (Å²) in [6.45, 7) is 8.48. The van der Waals surface area contributed by atoms with Crippen LogP contribution in [0.5, 0.6) is 17.2 Å². The van der Waals surface area contributed by atoms with Crippen molar-refractivity contribution in [3.63, 3.8) is 0 Å². The van der Waals surface area contributed by atoms with E-state index in [1.54, 1.807) is 60.7 Å². The molecule has 0 aliphatic carbocycles. The number of nitrogens with one attached hydrogen (secondary N) is 1. The van der Waals surface area contributed by atoms with Crippen LogP contribution in [0.15, 0.2) is 72.8 Å². The summed E-state index contributed by atoms with van der Waals surface area (Å²) in [5.74, 6) is -0.0868. The smallest absolute Gasteiger partial charge is 0.335 e. The van der Waals surface area contributed by atoms with Gasteiger partial charge in [0.1, 0.15) is 17.9 Å². The molecule has 3 aromatic carbocycles. The second kappa shape index (κ2) is 13.4. The lowest BCUT2D eigenvalue weighted by molar-refractivity contribution is -0.122. The molecule has 3 aromatic rings. The van der Waals surface area contributed by atoms with Crippen LogP contribution in [0.2, 0.25) is 10.0 Å². The average Bonchev–Trinajstić information content (AvgIpc) is 2.93. The van der Waals surface area contributed by atoms with Crippen LogP contribution in [-0.2, 0) is 22.6 Å². The molecule has 0 spiro atoms. The van der Waals surface area contributed by atoms with Gasteiger partial charge in [-0.1, -0.05) is 35.3 Å². The summed E-state index contributed by atoms with van der Waals surface area (Å²) in [7, 11) is 0. The predicted molar refractivity (Wildman–Crippen MR) is 159 cm³/mol. The third kappa shape index (κ3) is 6.90. The molecule has 1 fully saturated rings. The molecule has 4 amide bonds. The first-order valence-electron chi connectivity index (χ1n) is 12.9. The molecule has 1 saturated heterocycles. The van der Waals surface area contributed by atoms with E-state index in [2.05, 4.69) is 11.9 Å². The third-order valence-corrected chi connectivity index (χ3v) is 6.61. The van der Waals surface area contributed by atoms with E-state index in [-0.39, 0.29) is 12.2 Å². The Kier molecular flexibility index (Phi) is 9.70. The van der Waals surface area contributed by atoms with Gasteiger partial charge in [-0.25, -0.2) is 9.69 Å². The molecule has 0 aromatic heterocycles. The van der Waals surface area contributed by atoms with Gasteiger partial charge in [0.25, 0.3) is 11.8 Å². The Labute approximate surface area is 248 Å². The highest BCUT2D eigenvalue weighted by Crippen LogP contribution is 2.36. The number of hydrogen-bond donors (Lipinski definition) is 1. The summed E-state index contributed by atoms with van der Waals surface area (Å²) in [5, 5.41) is 3.23. The van der Waals surface area contributed by atoms with E-state index in [4.69, 9.17) is 37.4 Å². The van der Waals surface area contributed by atoms with Crippen LogP contribution in [-0.4, -0.2) is 31.1 Å². The topological polar surface area (TPSA) is 94.2 Å². The van der Waals surface area contributed by atoms with E-state index >= 15 is 0 Å². The van der Waals surface area contributed by atoms with Gasteiger partial charge < -0.3 is 14.2 Å². The van der Waals surface area contributed by atoms with Crippen molar-refractivity contribution in [1.29, 1.82) is 0 Å². The number of carbonyl (C=O) groups is 3. The maximum Gasteiger partial charge on any atom is 0.335 e. The first kappa shape index (κ1) is 29.7. The normalized spacial score (nSPS) is 14.2. The Morgan fingerprint density at radius 2 is 1.63 bits per heavy atom. The Morgan fingerprint density at radius 3 is 2.29 bits per heavy atom. The van der Waals surface area contributed by atoms with Gasteiger partial charge >= 0.3 is 6.03 Å². The van der Waals surface area contributed by atoms with Crippen LogP contribution in [0.1, 0.15) is 30.5 Å². The summed E-state index contributed by atoms with van der Waals surface area (Å²) in [4.78, 5) is 39.7. The van der Waals surface area contributed by atoms with E-state index < -0.39 is 17.8 Å². The molecule has 1 aliphatic rings. The van der Waals surface area contributed by atoms with Crippen molar-refractivity contribution in [2.75, 3.05) is 18.1 Å². The number of anilines is 1. The van der Waals surface area contributed by atoms with Crippen molar-refractivity contribution in [2.45, 2.75) is 26.9 Å². The molecule has 0 saturated carbocycles. The Bertz CT molecular complexity index is 1520. The summed E-state index contributed by atoms with van der Waals surface area (Å²) in [6.07, 6.45) is 3.53. The number of ether oxygens (including phenoxy) is 3. The number of barbiturate groups is 1. The van der Waals surface area contributed by atoms with Gasteiger partial charge in [0.2, 0.25) is 0 Å². The zero-order valence-corrected chi connectivity index (χ0v) is 24.1. The molecular formula is C31H28Cl2N2O6.